The lowest BCUT2D eigenvalue weighted by Gasteiger charge is -2.04. The predicted octanol–water partition coefficient (Wildman–Crippen LogP) is 2.47. The van der Waals surface area contributed by atoms with Crippen molar-refractivity contribution in [2.24, 2.45) is 0 Å². The number of hydrogen-bond donors (Lipinski definition) is 1. The minimum Gasteiger partial charge on any atom is -0.478 e. The lowest BCUT2D eigenvalue weighted by Crippen LogP contribution is -2.03. The van der Waals surface area contributed by atoms with E-state index < -0.39 is 16.8 Å². The molecular weight excluding hydrogens is 276 g/mol. The molecule has 1 aromatic heterocycles. The zero-order valence-electron chi connectivity index (χ0n) is 11.3. The molecule has 0 saturated heterocycles. The van der Waals surface area contributed by atoms with Crippen LogP contribution in [0.3, 0.4) is 0 Å². The van der Waals surface area contributed by atoms with Gasteiger partial charge in [-0.15, -0.1) is 0 Å². The van der Waals surface area contributed by atoms with Gasteiger partial charge in [0, 0.05) is 17.1 Å². The predicted molar refractivity (Wildman–Crippen MR) is 76.1 cm³/mol. The Morgan fingerprint density at radius 3 is 2.45 bits per heavy atom. The molecule has 0 radical (unpaired) electrons. The molecule has 0 spiro atoms. The second-order valence-electron chi connectivity index (χ2n) is 4.70. The van der Waals surface area contributed by atoms with Crippen molar-refractivity contribution in [2.75, 3.05) is 0 Å². The van der Waals surface area contributed by atoms with Gasteiger partial charge in [-0.1, -0.05) is 0 Å². The number of carboxylic acids is 1. The third-order valence-electron chi connectivity index (χ3n) is 2.84. The standard InChI is InChI=1S/C14H16N2O3S/c1-10(2)16-8-7-12(15-16)9-20(19)13-5-3-11(4-6-13)14(17)18/h3-8,10H,9H2,1-2H3,(H,17,18). The zero-order valence-corrected chi connectivity index (χ0v) is 12.1. The van der Waals surface area contributed by atoms with E-state index in [0.29, 0.717) is 10.6 Å². The van der Waals surface area contributed by atoms with Gasteiger partial charge in [0.1, 0.15) is 0 Å². The van der Waals surface area contributed by atoms with Gasteiger partial charge in [-0.25, -0.2) is 4.79 Å². The summed E-state index contributed by atoms with van der Waals surface area (Å²) in [7, 11) is -1.22. The number of nitrogens with zero attached hydrogens (tertiary/aromatic N) is 2. The first kappa shape index (κ1) is 14.5. The molecule has 1 heterocycles. The van der Waals surface area contributed by atoms with Crippen molar-refractivity contribution in [1.82, 2.24) is 9.78 Å². The number of carbonyl (C=O) groups is 1. The third-order valence-corrected chi connectivity index (χ3v) is 4.19. The number of aromatic nitrogens is 2. The smallest absolute Gasteiger partial charge is 0.335 e. The maximum atomic E-state index is 12.2. The second kappa shape index (κ2) is 6.00. The van der Waals surface area contributed by atoms with E-state index in [-0.39, 0.29) is 11.6 Å². The normalized spacial score (nSPS) is 12.6. The zero-order chi connectivity index (χ0) is 14.7. The molecule has 1 aromatic carbocycles. The van der Waals surface area contributed by atoms with Gasteiger partial charge in [0.05, 0.1) is 27.8 Å². The van der Waals surface area contributed by atoms with E-state index in [0.717, 1.165) is 5.69 Å². The van der Waals surface area contributed by atoms with Crippen molar-refractivity contribution >= 4 is 16.8 Å². The van der Waals surface area contributed by atoms with Crippen molar-refractivity contribution in [3.05, 3.63) is 47.8 Å². The van der Waals surface area contributed by atoms with E-state index in [1.165, 1.54) is 12.1 Å². The minimum absolute atomic E-state index is 0.190. The highest BCUT2D eigenvalue weighted by Crippen LogP contribution is 2.13. The molecule has 6 heteroatoms. The van der Waals surface area contributed by atoms with Crippen molar-refractivity contribution in [1.29, 1.82) is 0 Å². The fraction of sp³-hybridized carbons (Fsp3) is 0.286. The lowest BCUT2D eigenvalue weighted by atomic mass is 10.2. The molecule has 0 saturated carbocycles. The van der Waals surface area contributed by atoms with Crippen LogP contribution >= 0.6 is 0 Å². The number of carboxylic acid groups (broad SMARTS) is 1. The van der Waals surface area contributed by atoms with Crippen molar-refractivity contribution in [3.8, 4) is 0 Å². The summed E-state index contributed by atoms with van der Waals surface area (Å²) in [5.74, 6) is -0.662. The Hall–Kier alpha value is -1.95. The molecule has 1 unspecified atom stereocenters. The van der Waals surface area contributed by atoms with Crippen LogP contribution < -0.4 is 0 Å². The molecule has 106 valence electrons. The van der Waals surface area contributed by atoms with Crippen LogP contribution in [0.4, 0.5) is 0 Å². The van der Waals surface area contributed by atoms with Gasteiger partial charge >= 0.3 is 5.97 Å². The van der Waals surface area contributed by atoms with Crippen LogP contribution in [0.2, 0.25) is 0 Å². The Kier molecular flexibility index (Phi) is 4.34. The lowest BCUT2D eigenvalue weighted by molar-refractivity contribution is 0.0697. The van der Waals surface area contributed by atoms with Gasteiger partial charge in [0.15, 0.2) is 0 Å². The molecule has 0 fully saturated rings. The van der Waals surface area contributed by atoms with E-state index in [4.69, 9.17) is 5.11 Å². The van der Waals surface area contributed by atoms with Gasteiger partial charge < -0.3 is 5.11 Å². The van der Waals surface area contributed by atoms with Crippen LogP contribution in [0.15, 0.2) is 41.4 Å². The summed E-state index contributed by atoms with van der Waals surface area (Å²) in [5.41, 5.74) is 0.953. The molecule has 20 heavy (non-hydrogen) atoms. The average molecular weight is 292 g/mol. The highest BCUT2D eigenvalue weighted by atomic mass is 32.2. The van der Waals surface area contributed by atoms with Crippen molar-refractivity contribution < 1.29 is 14.1 Å². The molecule has 0 aliphatic carbocycles. The highest BCUT2D eigenvalue weighted by Gasteiger charge is 2.10. The maximum Gasteiger partial charge on any atom is 0.335 e. The number of benzene rings is 1. The van der Waals surface area contributed by atoms with E-state index in [1.54, 1.807) is 12.1 Å². The number of rotatable bonds is 5. The van der Waals surface area contributed by atoms with Crippen LogP contribution in [0.5, 0.6) is 0 Å². The van der Waals surface area contributed by atoms with Crippen molar-refractivity contribution in [3.63, 3.8) is 0 Å². The molecule has 2 rings (SSSR count). The topological polar surface area (TPSA) is 72.2 Å². The minimum atomic E-state index is -1.22. The summed E-state index contributed by atoms with van der Waals surface area (Å²) in [4.78, 5) is 11.4. The Labute approximate surface area is 119 Å². The SMILES string of the molecule is CC(C)n1ccc(CS(=O)c2ccc(C(=O)O)cc2)n1. The van der Waals surface area contributed by atoms with Gasteiger partial charge in [-0.3, -0.25) is 8.89 Å². The Morgan fingerprint density at radius 1 is 1.30 bits per heavy atom. The Morgan fingerprint density at radius 2 is 1.95 bits per heavy atom. The third kappa shape index (κ3) is 3.33. The molecule has 2 aromatic rings. The maximum absolute atomic E-state index is 12.2. The van der Waals surface area contributed by atoms with Crippen molar-refractivity contribution in [2.45, 2.75) is 30.5 Å². The number of hydrogen-bond acceptors (Lipinski definition) is 3. The van der Waals surface area contributed by atoms with Crippen LogP contribution in [-0.2, 0) is 16.6 Å². The number of aromatic carboxylic acids is 1. The van der Waals surface area contributed by atoms with E-state index in [1.807, 2.05) is 30.8 Å². The largest absolute Gasteiger partial charge is 0.478 e. The molecule has 0 aliphatic heterocycles. The highest BCUT2D eigenvalue weighted by molar-refractivity contribution is 7.84. The van der Waals surface area contributed by atoms with Crippen LogP contribution in [0.25, 0.3) is 0 Å². The molecule has 1 atom stereocenters. The summed E-state index contributed by atoms with van der Waals surface area (Å²) < 4.78 is 14.0. The first-order valence-corrected chi connectivity index (χ1v) is 7.55. The van der Waals surface area contributed by atoms with E-state index in [2.05, 4.69) is 5.10 Å². The Balaban J connectivity index is 2.09. The second-order valence-corrected chi connectivity index (χ2v) is 6.15. The first-order chi connectivity index (χ1) is 9.47. The molecule has 0 aliphatic rings. The van der Waals surface area contributed by atoms with Crippen LogP contribution in [-0.4, -0.2) is 25.1 Å². The van der Waals surface area contributed by atoms with Gasteiger partial charge in [-0.05, 0) is 44.2 Å². The summed E-state index contributed by atoms with van der Waals surface area (Å²) in [5, 5.41) is 13.2. The molecular formula is C14H16N2O3S. The average Bonchev–Trinajstić information content (AvgIpc) is 2.87. The fourth-order valence-electron chi connectivity index (χ4n) is 1.71. The fourth-order valence-corrected chi connectivity index (χ4v) is 2.74. The van der Waals surface area contributed by atoms with Crippen LogP contribution in [0, 0.1) is 0 Å². The monoisotopic (exact) mass is 292 g/mol. The molecule has 1 N–H and O–H groups in total. The quantitative estimate of drug-likeness (QED) is 0.919. The summed E-state index contributed by atoms with van der Waals surface area (Å²) in [6.45, 7) is 4.05. The van der Waals surface area contributed by atoms with Gasteiger partial charge in [0.2, 0.25) is 0 Å². The summed E-state index contributed by atoms with van der Waals surface area (Å²) in [6, 6.07) is 8.21. The molecule has 5 nitrogen and oxygen atoms in total. The summed E-state index contributed by atoms with van der Waals surface area (Å²) in [6.07, 6.45) is 1.87. The molecule has 0 amide bonds. The van der Waals surface area contributed by atoms with Crippen LogP contribution in [0.1, 0.15) is 35.9 Å². The van der Waals surface area contributed by atoms with E-state index in [9.17, 15) is 9.00 Å². The van der Waals surface area contributed by atoms with Gasteiger partial charge in [-0.2, -0.15) is 5.10 Å². The summed E-state index contributed by atoms with van der Waals surface area (Å²) >= 11 is 0. The first-order valence-electron chi connectivity index (χ1n) is 6.23. The van der Waals surface area contributed by atoms with Gasteiger partial charge in [0.25, 0.3) is 0 Å². The Bertz CT molecular complexity index is 632. The molecule has 0 bridgehead atoms. The van der Waals surface area contributed by atoms with E-state index >= 15 is 0 Å².